The first-order chi connectivity index (χ1) is 10.2. The molecule has 0 saturated heterocycles. The molecular formula is C15H12FN3O2. The Labute approximate surface area is 120 Å². The fourth-order valence-electron chi connectivity index (χ4n) is 2.09. The molecule has 106 valence electrons. The molecule has 0 aliphatic carbocycles. The Hall–Kier alpha value is -2.76. The van der Waals surface area contributed by atoms with E-state index in [9.17, 15) is 9.18 Å². The van der Waals surface area contributed by atoms with E-state index in [-0.39, 0.29) is 18.1 Å². The van der Waals surface area contributed by atoms with Crippen LogP contribution in [0.15, 0.2) is 42.7 Å². The Morgan fingerprint density at radius 3 is 2.90 bits per heavy atom. The standard InChI is InChI=1S/C15H12FN3O2/c1-2-21-14(20)12-9-19-13(7-8-17-15(19)18-12)10-5-3-4-6-11(10)16/h3-9H,2H2,1H3. The second kappa shape index (κ2) is 5.32. The summed E-state index contributed by atoms with van der Waals surface area (Å²) >= 11 is 0. The Kier molecular flexibility index (Phi) is 3.35. The number of nitrogens with zero attached hydrogens (tertiary/aromatic N) is 3. The first kappa shape index (κ1) is 13.2. The monoisotopic (exact) mass is 285 g/mol. The van der Waals surface area contributed by atoms with Crippen LogP contribution in [-0.4, -0.2) is 26.9 Å². The van der Waals surface area contributed by atoms with Crippen LogP contribution in [0.3, 0.4) is 0 Å². The molecule has 3 rings (SSSR count). The first-order valence-electron chi connectivity index (χ1n) is 6.47. The van der Waals surface area contributed by atoms with Gasteiger partial charge in [-0.1, -0.05) is 12.1 Å². The van der Waals surface area contributed by atoms with Crippen LogP contribution in [0.1, 0.15) is 17.4 Å². The van der Waals surface area contributed by atoms with Crippen molar-refractivity contribution in [1.29, 1.82) is 0 Å². The highest BCUT2D eigenvalue weighted by atomic mass is 19.1. The van der Waals surface area contributed by atoms with Crippen LogP contribution in [0.5, 0.6) is 0 Å². The van der Waals surface area contributed by atoms with Gasteiger partial charge in [-0.25, -0.2) is 19.2 Å². The van der Waals surface area contributed by atoms with E-state index in [0.717, 1.165) is 0 Å². The summed E-state index contributed by atoms with van der Waals surface area (Å²) in [7, 11) is 0. The van der Waals surface area contributed by atoms with Gasteiger partial charge in [0.05, 0.1) is 12.3 Å². The summed E-state index contributed by atoms with van der Waals surface area (Å²) in [5.74, 6) is -0.558. The molecule has 0 amide bonds. The van der Waals surface area contributed by atoms with Crippen LogP contribution in [-0.2, 0) is 4.74 Å². The van der Waals surface area contributed by atoms with Crippen molar-refractivity contribution in [2.45, 2.75) is 6.92 Å². The third kappa shape index (κ3) is 2.35. The number of carbonyl (C=O) groups excluding carboxylic acids is 1. The van der Waals surface area contributed by atoms with Gasteiger partial charge in [-0.05, 0) is 25.1 Å². The van der Waals surface area contributed by atoms with Crippen LogP contribution < -0.4 is 0 Å². The summed E-state index contributed by atoms with van der Waals surface area (Å²) in [4.78, 5) is 19.9. The summed E-state index contributed by atoms with van der Waals surface area (Å²) < 4.78 is 20.4. The Morgan fingerprint density at radius 1 is 1.33 bits per heavy atom. The number of rotatable bonds is 3. The summed E-state index contributed by atoms with van der Waals surface area (Å²) in [5, 5.41) is 0. The molecule has 5 nitrogen and oxygen atoms in total. The van der Waals surface area contributed by atoms with Crippen molar-refractivity contribution in [3.63, 3.8) is 0 Å². The number of ether oxygens (including phenoxy) is 1. The zero-order valence-corrected chi connectivity index (χ0v) is 11.3. The highest BCUT2D eigenvalue weighted by Crippen LogP contribution is 2.23. The van der Waals surface area contributed by atoms with Gasteiger partial charge in [0.2, 0.25) is 5.78 Å². The van der Waals surface area contributed by atoms with Gasteiger partial charge in [0.25, 0.3) is 0 Å². The van der Waals surface area contributed by atoms with Gasteiger partial charge in [-0.3, -0.25) is 4.40 Å². The van der Waals surface area contributed by atoms with E-state index in [1.54, 1.807) is 35.6 Å². The molecule has 0 unspecified atom stereocenters. The Balaban J connectivity index is 2.17. The van der Waals surface area contributed by atoms with E-state index >= 15 is 0 Å². The van der Waals surface area contributed by atoms with Gasteiger partial charge in [0.15, 0.2) is 5.69 Å². The lowest BCUT2D eigenvalue weighted by Crippen LogP contribution is -2.04. The summed E-state index contributed by atoms with van der Waals surface area (Å²) in [6.07, 6.45) is 3.03. The maximum Gasteiger partial charge on any atom is 0.358 e. The minimum Gasteiger partial charge on any atom is -0.461 e. The molecule has 21 heavy (non-hydrogen) atoms. The van der Waals surface area contributed by atoms with Crippen molar-refractivity contribution in [2.75, 3.05) is 6.61 Å². The van der Waals surface area contributed by atoms with Crippen molar-refractivity contribution < 1.29 is 13.9 Å². The molecule has 0 fully saturated rings. The summed E-state index contributed by atoms with van der Waals surface area (Å²) in [5.41, 5.74) is 1.13. The molecular weight excluding hydrogens is 273 g/mol. The lowest BCUT2D eigenvalue weighted by molar-refractivity contribution is 0.0520. The van der Waals surface area contributed by atoms with Gasteiger partial charge in [0, 0.05) is 18.0 Å². The minimum absolute atomic E-state index is 0.146. The molecule has 0 saturated carbocycles. The SMILES string of the molecule is CCOC(=O)c1cn2c(-c3ccccc3F)ccnc2n1. The number of hydrogen-bond donors (Lipinski definition) is 0. The van der Waals surface area contributed by atoms with E-state index in [1.807, 2.05) is 0 Å². The number of hydrogen-bond acceptors (Lipinski definition) is 4. The Bertz CT molecular complexity index is 814. The highest BCUT2D eigenvalue weighted by molar-refractivity contribution is 5.88. The van der Waals surface area contributed by atoms with Crippen LogP contribution >= 0.6 is 0 Å². The second-order valence-electron chi connectivity index (χ2n) is 4.33. The van der Waals surface area contributed by atoms with E-state index in [1.165, 1.54) is 18.5 Å². The van der Waals surface area contributed by atoms with Gasteiger partial charge in [0.1, 0.15) is 5.82 Å². The molecule has 0 bridgehead atoms. The molecule has 0 spiro atoms. The average molecular weight is 285 g/mol. The van der Waals surface area contributed by atoms with Crippen molar-refractivity contribution in [2.24, 2.45) is 0 Å². The van der Waals surface area contributed by atoms with Crippen LogP contribution in [0.25, 0.3) is 17.0 Å². The summed E-state index contributed by atoms with van der Waals surface area (Å²) in [6, 6.07) is 8.07. The Morgan fingerprint density at radius 2 is 2.14 bits per heavy atom. The van der Waals surface area contributed by atoms with Gasteiger partial charge < -0.3 is 4.74 Å². The number of aromatic nitrogens is 3. The molecule has 0 atom stereocenters. The lowest BCUT2D eigenvalue weighted by atomic mass is 10.1. The normalized spacial score (nSPS) is 10.8. The number of benzene rings is 1. The number of fused-ring (bicyclic) bond motifs is 1. The molecule has 0 N–H and O–H groups in total. The number of esters is 1. The predicted octanol–water partition coefficient (Wildman–Crippen LogP) is 2.71. The van der Waals surface area contributed by atoms with Crippen LogP contribution in [0, 0.1) is 5.82 Å². The van der Waals surface area contributed by atoms with Gasteiger partial charge in [-0.15, -0.1) is 0 Å². The maximum absolute atomic E-state index is 13.9. The van der Waals surface area contributed by atoms with Crippen molar-refractivity contribution in [1.82, 2.24) is 14.4 Å². The van der Waals surface area contributed by atoms with E-state index in [0.29, 0.717) is 17.0 Å². The third-order valence-electron chi connectivity index (χ3n) is 3.00. The van der Waals surface area contributed by atoms with E-state index < -0.39 is 5.97 Å². The van der Waals surface area contributed by atoms with Gasteiger partial charge in [-0.2, -0.15) is 0 Å². The second-order valence-corrected chi connectivity index (χ2v) is 4.33. The lowest BCUT2D eigenvalue weighted by Gasteiger charge is -2.05. The molecule has 2 aromatic heterocycles. The number of imidazole rings is 1. The van der Waals surface area contributed by atoms with Crippen LogP contribution in [0.4, 0.5) is 4.39 Å². The third-order valence-corrected chi connectivity index (χ3v) is 3.00. The number of carbonyl (C=O) groups is 1. The molecule has 0 aliphatic heterocycles. The zero-order valence-electron chi connectivity index (χ0n) is 11.3. The molecule has 3 aromatic rings. The fraction of sp³-hybridized carbons (Fsp3) is 0.133. The van der Waals surface area contributed by atoms with Crippen LogP contribution in [0.2, 0.25) is 0 Å². The highest BCUT2D eigenvalue weighted by Gasteiger charge is 2.15. The zero-order chi connectivity index (χ0) is 14.8. The molecule has 6 heteroatoms. The molecule has 1 aromatic carbocycles. The fourth-order valence-corrected chi connectivity index (χ4v) is 2.09. The average Bonchev–Trinajstić information content (AvgIpc) is 2.92. The molecule has 0 radical (unpaired) electrons. The predicted molar refractivity (Wildman–Crippen MR) is 74.3 cm³/mol. The van der Waals surface area contributed by atoms with Gasteiger partial charge >= 0.3 is 5.97 Å². The van der Waals surface area contributed by atoms with E-state index in [2.05, 4.69) is 9.97 Å². The largest absolute Gasteiger partial charge is 0.461 e. The maximum atomic E-state index is 13.9. The van der Waals surface area contributed by atoms with Crippen molar-refractivity contribution >= 4 is 11.7 Å². The smallest absolute Gasteiger partial charge is 0.358 e. The topological polar surface area (TPSA) is 56.5 Å². The summed E-state index contributed by atoms with van der Waals surface area (Å²) in [6.45, 7) is 1.98. The van der Waals surface area contributed by atoms with E-state index in [4.69, 9.17) is 4.74 Å². The number of halogens is 1. The van der Waals surface area contributed by atoms with Crippen molar-refractivity contribution in [3.8, 4) is 11.3 Å². The van der Waals surface area contributed by atoms with Crippen molar-refractivity contribution in [3.05, 3.63) is 54.2 Å². The minimum atomic E-state index is -0.525. The molecule has 2 heterocycles. The molecule has 0 aliphatic rings. The quantitative estimate of drug-likeness (QED) is 0.694. The first-order valence-corrected chi connectivity index (χ1v) is 6.47.